The highest BCUT2D eigenvalue weighted by atomic mass is 35.5. The van der Waals surface area contributed by atoms with Crippen LogP contribution in [-0.2, 0) is 0 Å². The van der Waals surface area contributed by atoms with E-state index in [1.165, 1.54) is 7.11 Å². The summed E-state index contributed by atoms with van der Waals surface area (Å²) >= 11 is 5.77. The molecule has 0 bridgehead atoms. The quantitative estimate of drug-likeness (QED) is 0.762. The molecule has 1 heterocycles. The van der Waals surface area contributed by atoms with E-state index < -0.39 is 5.76 Å². The van der Waals surface area contributed by atoms with Gasteiger partial charge in [0.05, 0.1) is 12.6 Å². The molecule has 1 aromatic carbocycles. The number of methoxy groups -OCH3 is 1. The lowest BCUT2D eigenvalue weighted by Gasteiger charge is -1.99. The number of ether oxygens (including phenoxy) is 1. The first-order chi connectivity index (χ1) is 6.20. The van der Waals surface area contributed by atoms with Crippen LogP contribution in [0.1, 0.15) is 0 Å². The van der Waals surface area contributed by atoms with Crippen molar-refractivity contribution < 1.29 is 9.15 Å². The van der Waals surface area contributed by atoms with Crippen molar-refractivity contribution in [3.8, 4) is 5.75 Å². The van der Waals surface area contributed by atoms with Crippen molar-refractivity contribution in [3.63, 3.8) is 0 Å². The summed E-state index contributed by atoms with van der Waals surface area (Å²) in [7, 11) is 1.48. The number of oxazole rings is 1. The minimum absolute atomic E-state index is 0.386. The van der Waals surface area contributed by atoms with Crippen molar-refractivity contribution in [1.82, 2.24) is 4.98 Å². The molecule has 0 aliphatic heterocycles. The lowest BCUT2D eigenvalue weighted by molar-refractivity contribution is 0.408. The molecule has 0 aliphatic rings. The molecular weight excluding hydrogens is 194 g/mol. The number of rotatable bonds is 1. The van der Waals surface area contributed by atoms with E-state index in [9.17, 15) is 4.79 Å². The van der Waals surface area contributed by atoms with Crippen molar-refractivity contribution in [1.29, 1.82) is 0 Å². The van der Waals surface area contributed by atoms with Crippen LogP contribution in [0.3, 0.4) is 0 Å². The summed E-state index contributed by atoms with van der Waals surface area (Å²) in [6.45, 7) is 0. The van der Waals surface area contributed by atoms with Gasteiger partial charge in [0.25, 0.3) is 0 Å². The third-order valence-electron chi connectivity index (χ3n) is 1.67. The Labute approximate surface area is 78.1 Å². The number of benzene rings is 1. The molecule has 4 nitrogen and oxygen atoms in total. The van der Waals surface area contributed by atoms with E-state index in [2.05, 4.69) is 4.98 Å². The molecule has 0 radical (unpaired) electrons. The summed E-state index contributed by atoms with van der Waals surface area (Å²) < 4.78 is 9.83. The van der Waals surface area contributed by atoms with E-state index in [1.807, 2.05) is 0 Å². The second kappa shape index (κ2) is 2.81. The molecule has 2 rings (SSSR count). The third kappa shape index (κ3) is 1.29. The fourth-order valence-corrected chi connectivity index (χ4v) is 1.35. The Morgan fingerprint density at radius 3 is 3.00 bits per heavy atom. The van der Waals surface area contributed by atoms with Gasteiger partial charge in [0.2, 0.25) is 0 Å². The molecule has 0 saturated carbocycles. The summed E-state index contributed by atoms with van der Waals surface area (Å²) in [6.07, 6.45) is 0. The van der Waals surface area contributed by atoms with Crippen LogP contribution in [0.5, 0.6) is 5.75 Å². The smallest absolute Gasteiger partial charge is 0.417 e. The van der Waals surface area contributed by atoms with Crippen LogP contribution in [-0.4, -0.2) is 12.1 Å². The SMILES string of the molecule is COc1cc(Cl)cc2[nH]c(=O)oc12. The second-order valence-electron chi connectivity index (χ2n) is 2.50. The van der Waals surface area contributed by atoms with Crippen molar-refractivity contribution in [2.45, 2.75) is 0 Å². The molecule has 0 amide bonds. The first kappa shape index (κ1) is 8.19. The Bertz CT molecular complexity index is 500. The summed E-state index contributed by atoms with van der Waals surface area (Å²) in [4.78, 5) is 13.3. The molecule has 1 N–H and O–H groups in total. The van der Waals surface area contributed by atoms with Crippen molar-refractivity contribution >= 4 is 22.7 Å². The maximum atomic E-state index is 10.8. The zero-order valence-electron chi connectivity index (χ0n) is 6.76. The number of hydrogen-bond acceptors (Lipinski definition) is 3. The van der Waals surface area contributed by atoms with Crippen LogP contribution in [0, 0.1) is 0 Å². The largest absolute Gasteiger partial charge is 0.493 e. The number of aromatic amines is 1. The summed E-state index contributed by atoms with van der Waals surface area (Å²) in [5.41, 5.74) is 0.922. The maximum Gasteiger partial charge on any atom is 0.417 e. The van der Waals surface area contributed by atoms with E-state index in [4.69, 9.17) is 20.8 Å². The molecule has 0 spiro atoms. The highest BCUT2D eigenvalue weighted by molar-refractivity contribution is 6.31. The van der Waals surface area contributed by atoms with Crippen LogP contribution in [0.25, 0.3) is 11.1 Å². The zero-order valence-corrected chi connectivity index (χ0v) is 7.51. The number of halogens is 1. The predicted molar refractivity (Wildman–Crippen MR) is 48.4 cm³/mol. The number of nitrogens with one attached hydrogen (secondary N) is 1. The number of fused-ring (bicyclic) bond motifs is 1. The molecule has 2 aromatic rings. The molecule has 0 aliphatic carbocycles. The van der Waals surface area contributed by atoms with Gasteiger partial charge in [0, 0.05) is 11.1 Å². The topological polar surface area (TPSA) is 55.2 Å². The summed E-state index contributed by atoms with van der Waals surface area (Å²) in [6, 6.07) is 3.19. The van der Waals surface area contributed by atoms with Gasteiger partial charge < -0.3 is 9.15 Å². The Kier molecular flexibility index (Phi) is 1.77. The molecule has 68 valence electrons. The highest BCUT2D eigenvalue weighted by Gasteiger charge is 2.08. The van der Waals surface area contributed by atoms with E-state index in [-0.39, 0.29) is 0 Å². The Hall–Kier alpha value is -1.42. The zero-order chi connectivity index (χ0) is 9.42. The van der Waals surface area contributed by atoms with Crippen LogP contribution in [0.4, 0.5) is 0 Å². The molecule has 13 heavy (non-hydrogen) atoms. The summed E-state index contributed by atoms with van der Waals surface area (Å²) in [5.74, 6) is -0.0728. The van der Waals surface area contributed by atoms with Gasteiger partial charge in [-0.3, -0.25) is 4.98 Å². The van der Waals surface area contributed by atoms with E-state index in [0.717, 1.165) is 0 Å². The van der Waals surface area contributed by atoms with Gasteiger partial charge in [-0.15, -0.1) is 0 Å². The average molecular weight is 200 g/mol. The highest BCUT2D eigenvalue weighted by Crippen LogP contribution is 2.27. The number of aromatic nitrogens is 1. The molecule has 0 saturated heterocycles. The Balaban J connectivity index is 2.88. The van der Waals surface area contributed by atoms with Gasteiger partial charge in [-0.05, 0) is 6.07 Å². The molecule has 0 unspecified atom stereocenters. The fourth-order valence-electron chi connectivity index (χ4n) is 1.15. The maximum absolute atomic E-state index is 10.8. The monoisotopic (exact) mass is 199 g/mol. The minimum atomic E-state index is -0.518. The van der Waals surface area contributed by atoms with Crippen LogP contribution in [0.15, 0.2) is 21.3 Å². The standard InChI is InChI=1S/C8H6ClNO3/c1-12-6-3-4(9)2-5-7(6)13-8(11)10-5/h2-3H,1H3,(H,10,11). The number of hydrogen-bond donors (Lipinski definition) is 1. The molecule has 1 aromatic heterocycles. The first-order valence-corrected chi connectivity index (χ1v) is 3.95. The second-order valence-corrected chi connectivity index (χ2v) is 2.94. The minimum Gasteiger partial charge on any atom is -0.493 e. The van der Waals surface area contributed by atoms with Gasteiger partial charge in [0.15, 0.2) is 11.3 Å². The molecule has 0 fully saturated rings. The molecular formula is C8H6ClNO3. The van der Waals surface area contributed by atoms with Crippen molar-refractivity contribution in [3.05, 3.63) is 27.7 Å². The summed E-state index contributed by atoms with van der Waals surface area (Å²) in [5, 5.41) is 0.487. The van der Waals surface area contributed by atoms with Gasteiger partial charge in [0.1, 0.15) is 0 Å². The van der Waals surface area contributed by atoms with Gasteiger partial charge in [-0.1, -0.05) is 11.6 Å². The third-order valence-corrected chi connectivity index (χ3v) is 1.89. The lowest BCUT2D eigenvalue weighted by Crippen LogP contribution is -1.92. The first-order valence-electron chi connectivity index (χ1n) is 3.57. The van der Waals surface area contributed by atoms with Gasteiger partial charge in [-0.25, -0.2) is 4.79 Å². The van der Waals surface area contributed by atoms with Crippen LogP contribution in [0.2, 0.25) is 5.02 Å². The van der Waals surface area contributed by atoms with Crippen molar-refractivity contribution in [2.75, 3.05) is 7.11 Å². The van der Waals surface area contributed by atoms with E-state index in [1.54, 1.807) is 12.1 Å². The van der Waals surface area contributed by atoms with Crippen molar-refractivity contribution in [2.24, 2.45) is 0 Å². The van der Waals surface area contributed by atoms with Gasteiger partial charge >= 0.3 is 5.76 Å². The molecule has 0 atom stereocenters. The van der Waals surface area contributed by atoms with E-state index >= 15 is 0 Å². The fraction of sp³-hybridized carbons (Fsp3) is 0.125. The normalized spacial score (nSPS) is 10.6. The van der Waals surface area contributed by atoms with E-state index in [0.29, 0.717) is 21.9 Å². The Morgan fingerprint density at radius 1 is 1.54 bits per heavy atom. The predicted octanol–water partition coefficient (Wildman–Crippen LogP) is 1.78. The number of H-pyrrole nitrogens is 1. The van der Waals surface area contributed by atoms with Crippen LogP contribution >= 0.6 is 11.6 Å². The van der Waals surface area contributed by atoms with Gasteiger partial charge in [-0.2, -0.15) is 0 Å². The van der Waals surface area contributed by atoms with Crippen LogP contribution < -0.4 is 10.5 Å². The Morgan fingerprint density at radius 2 is 2.31 bits per heavy atom. The molecule has 5 heteroatoms. The average Bonchev–Trinajstić information content (AvgIpc) is 2.43. The lowest BCUT2D eigenvalue weighted by atomic mass is 10.3.